The van der Waals surface area contributed by atoms with E-state index in [1.807, 2.05) is 6.92 Å². The molecule has 0 amide bonds. The molecule has 0 saturated heterocycles. The zero-order valence-electron chi connectivity index (χ0n) is 8.94. The molecular weight excluding hydrogens is 200 g/mol. The first-order valence-corrected chi connectivity index (χ1v) is 4.91. The Hall–Kier alpha value is -1.16. The Labute approximate surface area is 88.3 Å². The van der Waals surface area contributed by atoms with Crippen LogP contribution in [0.25, 0.3) is 0 Å². The fraction of sp³-hybridized carbons (Fsp3) is 0.455. The van der Waals surface area contributed by atoms with Gasteiger partial charge in [-0.25, -0.2) is 8.78 Å². The van der Waals surface area contributed by atoms with E-state index in [9.17, 15) is 8.78 Å². The van der Waals surface area contributed by atoms with Crippen LogP contribution in [0.3, 0.4) is 0 Å². The number of nitrogens with one attached hydrogen (secondary N) is 1. The van der Waals surface area contributed by atoms with Crippen LogP contribution >= 0.6 is 0 Å². The maximum atomic E-state index is 13.2. The summed E-state index contributed by atoms with van der Waals surface area (Å²) in [5, 5.41) is 3.07. The second-order valence-corrected chi connectivity index (χ2v) is 3.27. The molecule has 2 nitrogen and oxygen atoms in total. The van der Waals surface area contributed by atoms with E-state index in [1.54, 1.807) is 0 Å². The van der Waals surface area contributed by atoms with Crippen LogP contribution in [0.5, 0.6) is 5.75 Å². The van der Waals surface area contributed by atoms with Crippen LogP contribution < -0.4 is 10.1 Å². The van der Waals surface area contributed by atoms with Crippen molar-refractivity contribution in [1.82, 2.24) is 5.32 Å². The van der Waals surface area contributed by atoms with Crippen LogP contribution in [0.2, 0.25) is 0 Å². The van der Waals surface area contributed by atoms with Gasteiger partial charge in [0.05, 0.1) is 7.11 Å². The minimum atomic E-state index is -0.661. The second kappa shape index (κ2) is 5.66. The van der Waals surface area contributed by atoms with E-state index in [0.717, 1.165) is 13.0 Å². The first-order chi connectivity index (χ1) is 7.19. The Balaban J connectivity index is 2.75. The molecule has 15 heavy (non-hydrogen) atoms. The van der Waals surface area contributed by atoms with E-state index < -0.39 is 11.6 Å². The first kappa shape index (κ1) is 11.9. The van der Waals surface area contributed by atoms with E-state index in [1.165, 1.54) is 19.2 Å². The van der Waals surface area contributed by atoms with Gasteiger partial charge in [-0.3, -0.25) is 0 Å². The molecule has 84 valence electrons. The molecule has 0 aromatic heterocycles. The third-order valence-electron chi connectivity index (χ3n) is 2.02. The third-order valence-corrected chi connectivity index (χ3v) is 2.02. The molecule has 0 fully saturated rings. The van der Waals surface area contributed by atoms with Gasteiger partial charge in [0.25, 0.3) is 0 Å². The Morgan fingerprint density at radius 1 is 1.27 bits per heavy atom. The maximum Gasteiger partial charge on any atom is 0.190 e. The van der Waals surface area contributed by atoms with E-state index in [4.69, 9.17) is 0 Å². The molecule has 0 aliphatic carbocycles. The zero-order valence-corrected chi connectivity index (χ0v) is 8.94. The summed E-state index contributed by atoms with van der Waals surface area (Å²) in [6.07, 6.45) is 0.987. The molecule has 1 rings (SSSR count). The van der Waals surface area contributed by atoms with E-state index >= 15 is 0 Å². The quantitative estimate of drug-likeness (QED) is 0.762. The molecule has 1 aromatic carbocycles. The van der Waals surface area contributed by atoms with Crippen LogP contribution in [0.1, 0.15) is 18.9 Å². The average Bonchev–Trinajstić information content (AvgIpc) is 2.18. The van der Waals surface area contributed by atoms with Crippen molar-refractivity contribution in [2.24, 2.45) is 0 Å². The average molecular weight is 215 g/mol. The molecule has 0 aliphatic heterocycles. The van der Waals surface area contributed by atoms with Crippen molar-refractivity contribution in [1.29, 1.82) is 0 Å². The normalized spacial score (nSPS) is 10.4. The SMILES string of the molecule is CCCNCc1cc(F)c(OC)c(F)c1. The monoisotopic (exact) mass is 215 g/mol. The summed E-state index contributed by atoms with van der Waals surface area (Å²) in [4.78, 5) is 0. The van der Waals surface area contributed by atoms with E-state index in [-0.39, 0.29) is 5.75 Å². The number of rotatable bonds is 5. The lowest BCUT2D eigenvalue weighted by atomic mass is 10.2. The Morgan fingerprint density at radius 3 is 2.33 bits per heavy atom. The molecule has 0 bridgehead atoms. The molecule has 0 spiro atoms. The Bertz CT molecular complexity index is 305. The van der Waals surface area contributed by atoms with Crippen LogP contribution in [0, 0.1) is 11.6 Å². The molecule has 0 atom stereocenters. The molecule has 0 saturated carbocycles. The standard InChI is InChI=1S/C11H15F2NO/c1-3-4-14-7-8-5-9(12)11(15-2)10(13)6-8/h5-6,14H,3-4,7H2,1-2H3. The largest absolute Gasteiger partial charge is 0.491 e. The fourth-order valence-electron chi connectivity index (χ4n) is 1.32. The van der Waals surface area contributed by atoms with Gasteiger partial charge in [-0.1, -0.05) is 6.92 Å². The third kappa shape index (κ3) is 3.16. The topological polar surface area (TPSA) is 21.3 Å². The summed E-state index contributed by atoms with van der Waals surface area (Å²) in [5.41, 5.74) is 0.583. The van der Waals surface area contributed by atoms with Gasteiger partial charge in [-0.15, -0.1) is 0 Å². The maximum absolute atomic E-state index is 13.2. The van der Waals surface area contributed by atoms with Crippen LogP contribution in [-0.4, -0.2) is 13.7 Å². The van der Waals surface area contributed by atoms with Gasteiger partial charge < -0.3 is 10.1 Å². The number of methoxy groups -OCH3 is 1. The zero-order chi connectivity index (χ0) is 11.3. The van der Waals surface area contributed by atoms with Gasteiger partial charge >= 0.3 is 0 Å². The van der Waals surface area contributed by atoms with Crippen molar-refractivity contribution in [2.75, 3.05) is 13.7 Å². The molecule has 0 unspecified atom stereocenters. The predicted molar refractivity (Wildman–Crippen MR) is 54.9 cm³/mol. The van der Waals surface area contributed by atoms with Crippen LogP contribution in [-0.2, 0) is 6.54 Å². The number of benzene rings is 1. The summed E-state index contributed by atoms with van der Waals surface area (Å²) in [6.45, 7) is 3.32. The fourth-order valence-corrected chi connectivity index (χ4v) is 1.32. The van der Waals surface area contributed by atoms with Gasteiger partial charge in [0.1, 0.15) is 0 Å². The molecule has 1 N–H and O–H groups in total. The number of hydrogen-bond acceptors (Lipinski definition) is 2. The highest BCUT2D eigenvalue weighted by atomic mass is 19.1. The second-order valence-electron chi connectivity index (χ2n) is 3.27. The predicted octanol–water partition coefficient (Wildman–Crippen LogP) is 2.47. The number of hydrogen-bond donors (Lipinski definition) is 1. The van der Waals surface area contributed by atoms with E-state index in [2.05, 4.69) is 10.1 Å². The first-order valence-electron chi connectivity index (χ1n) is 4.91. The Kier molecular flexibility index (Phi) is 4.49. The van der Waals surface area contributed by atoms with Crippen molar-refractivity contribution < 1.29 is 13.5 Å². The lowest BCUT2D eigenvalue weighted by molar-refractivity contribution is 0.359. The minimum absolute atomic E-state index is 0.325. The van der Waals surface area contributed by atoms with Crippen molar-refractivity contribution in [3.8, 4) is 5.75 Å². The summed E-state index contributed by atoms with van der Waals surface area (Å²) in [5.74, 6) is -1.65. The summed E-state index contributed by atoms with van der Waals surface area (Å²) in [6, 6.07) is 2.56. The Morgan fingerprint density at radius 2 is 1.87 bits per heavy atom. The highest BCUT2D eigenvalue weighted by molar-refractivity contribution is 5.31. The van der Waals surface area contributed by atoms with Crippen molar-refractivity contribution in [3.63, 3.8) is 0 Å². The van der Waals surface area contributed by atoms with Gasteiger partial charge in [-0.05, 0) is 30.7 Å². The summed E-state index contributed by atoms with van der Waals surface area (Å²) in [7, 11) is 1.25. The molecule has 0 radical (unpaired) electrons. The lowest BCUT2D eigenvalue weighted by Gasteiger charge is -2.07. The molecule has 4 heteroatoms. The van der Waals surface area contributed by atoms with Crippen molar-refractivity contribution in [2.45, 2.75) is 19.9 Å². The van der Waals surface area contributed by atoms with Gasteiger partial charge in [0.15, 0.2) is 17.4 Å². The molecule has 0 aliphatic rings. The van der Waals surface area contributed by atoms with Crippen LogP contribution in [0.15, 0.2) is 12.1 Å². The molecule has 1 aromatic rings. The number of ether oxygens (including phenoxy) is 1. The summed E-state index contributed by atoms with van der Waals surface area (Å²) < 4.78 is 31.0. The van der Waals surface area contributed by atoms with Crippen molar-refractivity contribution in [3.05, 3.63) is 29.3 Å². The highest BCUT2D eigenvalue weighted by Crippen LogP contribution is 2.22. The molecular formula is C11H15F2NO. The minimum Gasteiger partial charge on any atom is -0.491 e. The van der Waals surface area contributed by atoms with Crippen LogP contribution in [0.4, 0.5) is 8.78 Å². The van der Waals surface area contributed by atoms with Gasteiger partial charge in [0.2, 0.25) is 0 Å². The van der Waals surface area contributed by atoms with E-state index in [0.29, 0.717) is 12.1 Å². The van der Waals surface area contributed by atoms with Gasteiger partial charge in [0, 0.05) is 6.54 Å². The number of halogens is 2. The van der Waals surface area contributed by atoms with Gasteiger partial charge in [-0.2, -0.15) is 0 Å². The smallest absolute Gasteiger partial charge is 0.190 e. The lowest BCUT2D eigenvalue weighted by Crippen LogP contribution is -2.14. The molecule has 0 heterocycles. The van der Waals surface area contributed by atoms with Crippen molar-refractivity contribution >= 4 is 0 Å². The highest BCUT2D eigenvalue weighted by Gasteiger charge is 2.10. The summed E-state index contributed by atoms with van der Waals surface area (Å²) >= 11 is 0.